The van der Waals surface area contributed by atoms with Gasteiger partial charge in [0.25, 0.3) is 0 Å². The molecular weight excluding hydrogens is 214 g/mol. The minimum absolute atomic E-state index is 0.205. The molecule has 0 aromatic heterocycles. The van der Waals surface area contributed by atoms with Crippen molar-refractivity contribution < 1.29 is 9.53 Å². The van der Waals surface area contributed by atoms with Crippen molar-refractivity contribution in [3.8, 4) is 0 Å². The lowest BCUT2D eigenvalue weighted by Gasteiger charge is -2.61. The lowest BCUT2D eigenvalue weighted by atomic mass is 9.46. The Bertz CT molecular complexity index is 313. The van der Waals surface area contributed by atoms with E-state index in [1.165, 1.54) is 38.5 Å². The summed E-state index contributed by atoms with van der Waals surface area (Å²) in [6, 6.07) is 0. The van der Waals surface area contributed by atoms with Crippen molar-refractivity contribution in [1.29, 1.82) is 0 Å². The molecule has 96 valence electrons. The number of carbonyl (C=O) groups excluding carboxylic acids is 1. The van der Waals surface area contributed by atoms with Crippen LogP contribution in [0, 0.1) is 23.2 Å². The number of carbonyl (C=O) groups is 1. The second kappa shape index (κ2) is 3.39. The Morgan fingerprint density at radius 1 is 1.12 bits per heavy atom. The van der Waals surface area contributed by atoms with Gasteiger partial charge in [-0.05, 0) is 70.1 Å². The van der Waals surface area contributed by atoms with Gasteiger partial charge in [-0.25, -0.2) is 4.79 Å². The monoisotopic (exact) mass is 237 g/mol. The molecule has 0 unspecified atom stereocenters. The molecule has 0 aliphatic heterocycles. The third-order valence-electron chi connectivity index (χ3n) is 5.67. The maximum atomic E-state index is 11.1. The highest BCUT2D eigenvalue weighted by molar-refractivity contribution is 5.65. The van der Waals surface area contributed by atoms with Gasteiger partial charge < -0.3 is 10.5 Å². The molecule has 0 heterocycles. The average Bonchev–Trinajstić information content (AvgIpc) is 2.12. The molecule has 4 bridgehead atoms. The fourth-order valence-corrected chi connectivity index (χ4v) is 5.21. The fraction of sp³-hybridized carbons (Fsp3) is 0.929. The summed E-state index contributed by atoms with van der Waals surface area (Å²) in [6.45, 7) is 4.12. The van der Waals surface area contributed by atoms with Gasteiger partial charge in [-0.15, -0.1) is 0 Å². The van der Waals surface area contributed by atoms with Crippen LogP contribution in [-0.4, -0.2) is 11.7 Å². The molecule has 1 amide bonds. The molecule has 0 aromatic rings. The number of hydrogen-bond donors (Lipinski definition) is 1. The van der Waals surface area contributed by atoms with Crippen LogP contribution in [0.3, 0.4) is 0 Å². The summed E-state index contributed by atoms with van der Waals surface area (Å²) >= 11 is 0. The molecule has 4 aliphatic carbocycles. The van der Waals surface area contributed by atoms with Crippen LogP contribution >= 0.6 is 0 Å². The van der Waals surface area contributed by atoms with E-state index in [1.807, 2.05) is 0 Å². The van der Waals surface area contributed by atoms with Gasteiger partial charge in [0.2, 0.25) is 0 Å². The average molecular weight is 237 g/mol. The molecule has 3 heteroatoms. The van der Waals surface area contributed by atoms with E-state index >= 15 is 0 Å². The van der Waals surface area contributed by atoms with Gasteiger partial charge in [0.15, 0.2) is 0 Å². The van der Waals surface area contributed by atoms with E-state index in [4.69, 9.17) is 10.5 Å². The first-order valence-corrected chi connectivity index (χ1v) is 6.89. The van der Waals surface area contributed by atoms with Crippen LogP contribution in [0.25, 0.3) is 0 Å². The fourth-order valence-electron chi connectivity index (χ4n) is 5.21. The van der Waals surface area contributed by atoms with E-state index in [0.717, 1.165) is 17.8 Å². The number of ether oxygens (including phenoxy) is 1. The molecular formula is C14H23NO2. The second-order valence-electron chi connectivity index (χ2n) is 7.13. The van der Waals surface area contributed by atoms with Gasteiger partial charge in [-0.3, -0.25) is 0 Å². The summed E-state index contributed by atoms with van der Waals surface area (Å²) in [5.41, 5.74) is 5.05. The smallest absolute Gasteiger partial charge is 0.405 e. The maximum absolute atomic E-state index is 11.1. The number of hydrogen-bond acceptors (Lipinski definition) is 2. The molecule has 4 fully saturated rings. The molecule has 0 spiro atoms. The second-order valence-corrected chi connectivity index (χ2v) is 7.13. The highest BCUT2D eigenvalue weighted by Gasteiger charge is 2.58. The van der Waals surface area contributed by atoms with Crippen molar-refractivity contribution in [1.82, 2.24) is 0 Å². The first kappa shape index (κ1) is 11.4. The number of rotatable bonds is 2. The Kier molecular flexibility index (Phi) is 2.27. The van der Waals surface area contributed by atoms with Gasteiger partial charge in [0.05, 0.1) is 0 Å². The normalized spacial score (nSPS) is 43.8. The molecule has 4 rings (SSSR count). The van der Waals surface area contributed by atoms with Crippen molar-refractivity contribution in [2.45, 2.75) is 58.0 Å². The Morgan fingerprint density at radius 2 is 1.53 bits per heavy atom. The molecule has 4 aliphatic rings. The molecule has 17 heavy (non-hydrogen) atoms. The first-order valence-electron chi connectivity index (χ1n) is 6.89. The van der Waals surface area contributed by atoms with Gasteiger partial charge in [-0.2, -0.15) is 0 Å². The summed E-state index contributed by atoms with van der Waals surface area (Å²) in [5, 5.41) is 0. The van der Waals surface area contributed by atoms with Crippen molar-refractivity contribution in [3.63, 3.8) is 0 Å². The Labute approximate surface area is 103 Å². The zero-order valence-corrected chi connectivity index (χ0v) is 10.9. The topological polar surface area (TPSA) is 52.3 Å². The van der Waals surface area contributed by atoms with Crippen LogP contribution < -0.4 is 5.73 Å². The summed E-state index contributed by atoms with van der Waals surface area (Å²) in [4.78, 5) is 11.1. The molecule has 0 aromatic carbocycles. The van der Waals surface area contributed by atoms with Crippen LogP contribution in [0.1, 0.15) is 52.4 Å². The highest BCUT2D eigenvalue weighted by Crippen LogP contribution is 2.64. The standard InChI is InChI=1S/C14H23NO2/c1-13(2,17-12(15)16)14-6-9-3-10(7-14)5-11(4-9)8-14/h9-11H,3-8H2,1-2H3,(H2,15,16). The molecule has 0 saturated heterocycles. The third-order valence-corrected chi connectivity index (χ3v) is 5.67. The van der Waals surface area contributed by atoms with Crippen molar-refractivity contribution in [3.05, 3.63) is 0 Å². The number of primary amides is 1. The van der Waals surface area contributed by atoms with E-state index in [-0.39, 0.29) is 5.41 Å². The van der Waals surface area contributed by atoms with Gasteiger partial charge >= 0.3 is 6.09 Å². The lowest BCUT2D eigenvalue weighted by molar-refractivity contribution is -0.161. The van der Waals surface area contributed by atoms with E-state index < -0.39 is 11.7 Å². The maximum Gasteiger partial charge on any atom is 0.405 e. The van der Waals surface area contributed by atoms with E-state index in [0.29, 0.717) is 0 Å². The highest BCUT2D eigenvalue weighted by atomic mass is 16.6. The Morgan fingerprint density at radius 3 is 1.88 bits per heavy atom. The summed E-state index contributed by atoms with van der Waals surface area (Å²) in [5.74, 6) is 2.62. The largest absolute Gasteiger partial charge is 0.443 e. The predicted molar refractivity (Wildman–Crippen MR) is 65.4 cm³/mol. The lowest BCUT2D eigenvalue weighted by Crippen LogP contribution is -2.57. The molecule has 4 saturated carbocycles. The first-order chi connectivity index (χ1) is 7.90. The van der Waals surface area contributed by atoms with Crippen molar-refractivity contribution >= 4 is 6.09 Å². The van der Waals surface area contributed by atoms with Gasteiger partial charge in [-0.1, -0.05) is 0 Å². The van der Waals surface area contributed by atoms with Crippen molar-refractivity contribution in [2.24, 2.45) is 28.9 Å². The predicted octanol–water partition coefficient (Wildman–Crippen LogP) is 3.08. The third kappa shape index (κ3) is 1.66. The summed E-state index contributed by atoms with van der Waals surface area (Å²) < 4.78 is 5.46. The van der Waals surface area contributed by atoms with E-state index in [1.54, 1.807) is 0 Å². The Balaban J connectivity index is 1.88. The minimum Gasteiger partial charge on any atom is -0.443 e. The van der Waals surface area contributed by atoms with Gasteiger partial charge in [0, 0.05) is 5.41 Å². The van der Waals surface area contributed by atoms with Gasteiger partial charge in [0.1, 0.15) is 5.60 Å². The molecule has 2 N–H and O–H groups in total. The van der Waals surface area contributed by atoms with Crippen molar-refractivity contribution in [2.75, 3.05) is 0 Å². The van der Waals surface area contributed by atoms with Crippen LogP contribution in [0.2, 0.25) is 0 Å². The van der Waals surface area contributed by atoms with E-state index in [2.05, 4.69) is 13.8 Å². The molecule has 0 radical (unpaired) electrons. The van der Waals surface area contributed by atoms with E-state index in [9.17, 15) is 4.79 Å². The molecule has 3 nitrogen and oxygen atoms in total. The minimum atomic E-state index is -0.620. The number of amides is 1. The zero-order chi connectivity index (χ0) is 12.3. The zero-order valence-electron chi connectivity index (χ0n) is 10.9. The SMILES string of the molecule is CC(C)(OC(N)=O)C12CC3CC(CC(C3)C1)C2. The van der Waals surface area contributed by atoms with Crippen LogP contribution in [-0.2, 0) is 4.74 Å². The van der Waals surface area contributed by atoms with Crippen LogP contribution in [0.5, 0.6) is 0 Å². The Hall–Kier alpha value is -0.730. The number of nitrogens with two attached hydrogens (primary N) is 1. The summed E-state index contributed by atoms with van der Waals surface area (Å²) in [6.07, 6.45) is 7.31. The quantitative estimate of drug-likeness (QED) is 0.802. The van der Waals surface area contributed by atoms with Crippen LogP contribution in [0.15, 0.2) is 0 Å². The summed E-state index contributed by atoms with van der Waals surface area (Å²) in [7, 11) is 0. The van der Waals surface area contributed by atoms with Crippen LogP contribution in [0.4, 0.5) is 4.79 Å². The molecule has 0 atom stereocenters.